The zero-order valence-electron chi connectivity index (χ0n) is 19.1. The van der Waals surface area contributed by atoms with E-state index in [1.807, 2.05) is 0 Å². The van der Waals surface area contributed by atoms with E-state index < -0.39 is 0 Å². The number of hydrogen-bond donors (Lipinski definition) is 0. The molecular weight excluding hydrogens is 364 g/mol. The van der Waals surface area contributed by atoms with E-state index in [2.05, 4.69) is 79.4 Å². The number of rotatable bonds is 10. The Morgan fingerprint density at radius 3 is 1.93 bits per heavy atom. The van der Waals surface area contributed by atoms with E-state index in [1.54, 1.807) is 0 Å². The van der Waals surface area contributed by atoms with Gasteiger partial charge in [0.05, 0.1) is 5.84 Å². The Morgan fingerprint density at radius 2 is 1.37 bits per heavy atom. The van der Waals surface area contributed by atoms with Crippen LogP contribution in [0.5, 0.6) is 0 Å². The van der Waals surface area contributed by atoms with Crippen LogP contribution in [0, 0.1) is 5.92 Å². The topological polar surface area (TPSA) is 15.6 Å². The molecule has 162 valence electrons. The molecule has 2 aromatic carbocycles. The predicted molar refractivity (Wildman–Crippen MR) is 130 cm³/mol. The summed E-state index contributed by atoms with van der Waals surface area (Å²) in [6.45, 7) is 7.75. The van der Waals surface area contributed by atoms with Crippen molar-refractivity contribution in [3.8, 4) is 0 Å². The molecule has 0 N–H and O–H groups in total. The van der Waals surface area contributed by atoms with Crippen molar-refractivity contribution in [3.05, 3.63) is 71.8 Å². The maximum absolute atomic E-state index is 4.89. The normalized spacial score (nSPS) is 15.7. The molecule has 1 heterocycles. The van der Waals surface area contributed by atoms with Crippen LogP contribution in [-0.4, -0.2) is 30.4 Å². The lowest BCUT2D eigenvalue weighted by atomic mass is 9.76. The van der Waals surface area contributed by atoms with Gasteiger partial charge in [0, 0.05) is 25.6 Å². The summed E-state index contributed by atoms with van der Waals surface area (Å²) in [7, 11) is 0. The molecule has 0 unspecified atom stereocenters. The molecule has 1 aliphatic rings. The van der Waals surface area contributed by atoms with E-state index in [0.29, 0.717) is 11.8 Å². The van der Waals surface area contributed by atoms with E-state index in [4.69, 9.17) is 4.99 Å². The quantitative estimate of drug-likeness (QED) is 0.230. The SMILES string of the molecule is CCCCCCCC/N=C(/C)N1CCC(C(c2ccccc2)c2ccccc2)CC1. The Hall–Kier alpha value is -2.09. The van der Waals surface area contributed by atoms with Crippen LogP contribution in [0.15, 0.2) is 65.7 Å². The van der Waals surface area contributed by atoms with Crippen LogP contribution in [-0.2, 0) is 0 Å². The highest BCUT2D eigenvalue weighted by Gasteiger charge is 2.29. The first-order valence-electron chi connectivity index (χ1n) is 12.2. The maximum Gasteiger partial charge on any atom is 0.0957 e. The third-order valence-corrected chi connectivity index (χ3v) is 6.64. The van der Waals surface area contributed by atoms with Crippen LogP contribution in [0.2, 0.25) is 0 Å². The van der Waals surface area contributed by atoms with Crippen molar-refractivity contribution in [1.82, 2.24) is 4.90 Å². The van der Waals surface area contributed by atoms with Gasteiger partial charge < -0.3 is 4.90 Å². The Labute approximate surface area is 184 Å². The molecule has 0 amide bonds. The number of benzene rings is 2. The fraction of sp³-hybridized carbons (Fsp3) is 0.536. The summed E-state index contributed by atoms with van der Waals surface area (Å²) in [5.74, 6) is 2.44. The minimum Gasteiger partial charge on any atom is -0.361 e. The number of aliphatic imine (C=N–C) groups is 1. The van der Waals surface area contributed by atoms with Gasteiger partial charge in [-0.15, -0.1) is 0 Å². The standard InChI is InChI=1S/C28H40N2/c1-3-4-5-6-7-14-21-29-24(2)30-22-19-27(20-23-30)28(25-15-10-8-11-16-25)26-17-12-9-13-18-26/h8-13,15-18,27-28H,3-7,14,19-23H2,1-2H3/b29-24-. The second-order valence-electron chi connectivity index (χ2n) is 8.82. The summed E-state index contributed by atoms with van der Waals surface area (Å²) < 4.78 is 0. The lowest BCUT2D eigenvalue weighted by molar-refractivity contribution is 0.248. The number of nitrogens with zero attached hydrogens (tertiary/aromatic N) is 2. The van der Waals surface area contributed by atoms with E-state index in [-0.39, 0.29) is 0 Å². The van der Waals surface area contributed by atoms with Crippen molar-refractivity contribution >= 4 is 5.84 Å². The predicted octanol–water partition coefficient (Wildman–Crippen LogP) is 7.31. The molecule has 0 radical (unpaired) electrons. The van der Waals surface area contributed by atoms with Crippen molar-refractivity contribution in [2.24, 2.45) is 10.9 Å². The first kappa shape index (κ1) is 22.6. The largest absolute Gasteiger partial charge is 0.361 e. The summed E-state index contributed by atoms with van der Waals surface area (Å²) in [6.07, 6.45) is 10.5. The first-order valence-corrected chi connectivity index (χ1v) is 12.2. The van der Waals surface area contributed by atoms with Crippen molar-refractivity contribution in [1.29, 1.82) is 0 Å². The number of amidine groups is 1. The molecular formula is C28H40N2. The second kappa shape index (κ2) is 12.6. The van der Waals surface area contributed by atoms with Gasteiger partial charge in [0.1, 0.15) is 0 Å². The molecule has 2 nitrogen and oxygen atoms in total. The number of unbranched alkanes of at least 4 members (excludes halogenated alkanes) is 5. The van der Waals surface area contributed by atoms with Crippen LogP contribution < -0.4 is 0 Å². The van der Waals surface area contributed by atoms with Crippen molar-refractivity contribution < 1.29 is 0 Å². The van der Waals surface area contributed by atoms with E-state index >= 15 is 0 Å². The average molecular weight is 405 g/mol. The zero-order chi connectivity index (χ0) is 21.0. The third-order valence-electron chi connectivity index (χ3n) is 6.64. The molecule has 3 rings (SSSR count). The van der Waals surface area contributed by atoms with Crippen LogP contribution in [0.25, 0.3) is 0 Å². The fourth-order valence-corrected chi connectivity index (χ4v) is 4.85. The molecule has 0 bridgehead atoms. The monoisotopic (exact) mass is 404 g/mol. The summed E-state index contributed by atoms with van der Waals surface area (Å²) in [6, 6.07) is 22.2. The molecule has 1 fully saturated rings. The van der Waals surface area contributed by atoms with Gasteiger partial charge in [-0.25, -0.2) is 0 Å². The maximum atomic E-state index is 4.89. The number of likely N-dealkylation sites (tertiary alicyclic amines) is 1. The minimum absolute atomic E-state index is 0.495. The molecule has 0 aromatic heterocycles. The molecule has 0 saturated carbocycles. The lowest BCUT2D eigenvalue weighted by Crippen LogP contribution is -2.39. The van der Waals surface area contributed by atoms with Gasteiger partial charge in [0.2, 0.25) is 0 Å². The highest BCUT2D eigenvalue weighted by molar-refractivity contribution is 5.79. The van der Waals surface area contributed by atoms with Crippen LogP contribution >= 0.6 is 0 Å². The van der Waals surface area contributed by atoms with E-state index in [1.165, 1.54) is 68.3 Å². The van der Waals surface area contributed by atoms with Gasteiger partial charge >= 0.3 is 0 Å². The van der Waals surface area contributed by atoms with Crippen LogP contribution in [0.1, 0.15) is 82.3 Å². The molecule has 0 aliphatic carbocycles. The summed E-state index contributed by atoms with van der Waals surface area (Å²) in [5, 5.41) is 0. The molecule has 0 spiro atoms. The highest BCUT2D eigenvalue weighted by Crippen LogP contribution is 2.37. The molecule has 0 atom stereocenters. The van der Waals surface area contributed by atoms with Gasteiger partial charge in [-0.2, -0.15) is 0 Å². The number of hydrogen-bond acceptors (Lipinski definition) is 1. The Kier molecular flexibility index (Phi) is 9.47. The summed E-state index contributed by atoms with van der Waals surface area (Å²) >= 11 is 0. The number of piperidine rings is 1. The van der Waals surface area contributed by atoms with Gasteiger partial charge in [0.15, 0.2) is 0 Å². The van der Waals surface area contributed by atoms with Crippen LogP contribution in [0.3, 0.4) is 0 Å². The van der Waals surface area contributed by atoms with Gasteiger partial charge in [-0.05, 0) is 43.2 Å². The Bertz CT molecular complexity index is 690. The summed E-state index contributed by atoms with van der Waals surface area (Å²) in [5.41, 5.74) is 2.91. The van der Waals surface area contributed by atoms with E-state index in [0.717, 1.165) is 19.6 Å². The smallest absolute Gasteiger partial charge is 0.0957 e. The van der Waals surface area contributed by atoms with Gasteiger partial charge in [-0.3, -0.25) is 4.99 Å². The first-order chi connectivity index (χ1) is 14.8. The molecule has 30 heavy (non-hydrogen) atoms. The van der Waals surface area contributed by atoms with Crippen molar-refractivity contribution in [2.45, 2.75) is 71.1 Å². The van der Waals surface area contributed by atoms with Crippen LogP contribution in [0.4, 0.5) is 0 Å². The van der Waals surface area contributed by atoms with E-state index in [9.17, 15) is 0 Å². The Balaban J connectivity index is 1.53. The fourth-order valence-electron chi connectivity index (χ4n) is 4.85. The Morgan fingerprint density at radius 1 is 0.833 bits per heavy atom. The third kappa shape index (κ3) is 6.72. The molecule has 1 saturated heterocycles. The zero-order valence-corrected chi connectivity index (χ0v) is 19.1. The lowest BCUT2D eigenvalue weighted by Gasteiger charge is -2.37. The van der Waals surface area contributed by atoms with Gasteiger partial charge in [0.25, 0.3) is 0 Å². The molecule has 2 aromatic rings. The van der Waals surface area contributed by atoms with Crippen molar-refractivity contribution in [3.63, 3.8) is 0 Å². The summed E-state index contributed by atoms with van der Waals surface area (Å²) in [4.78, 5) is 7.41. The molecule has 1 aliphatic heterocycles. The second-order valence-corrected chi connectivity index (χ2v) is 8.82. The van der Waals surface area contributed by atoms with Gasteiger partial charge in [-0.1, -0.05) is 99.7 Å². The molecule has 2 heteroatoms. The highest BCUT2D eigenvalue weighted by atomic mass is 15.2. The minimum atomic E-state index is 0.495. The van der Waals surface area contributed by atoms with Crippen molar-refractivity contribution in [2.75, 3.05) is 19.6 Å². The average Bonchev–Trinajstić information content (AvgIpc) is 2.80.